The molecule has 0 aromatic heterocycles. The van der Waals surface area contributed by atoms with E-state index in [1.165, 1.54) is 12.7 Å². The number of imide groups is 1. The first-order chi connectivity index (χ1) is 15.5. The first-order valence-electron chi connectivity index (χ1n) is 10.1. The number of methoxy groups -OCH3 is 1. The van der Waals surface area contributed by atoms with Crippen LogP contribution in [0.15, 0.2) is 41.3 Å². The third-order valence-corrected chi connectivity index (χ3v) is 6.54. The van der Waals surface area contributed by atoms with E-state index >= 15 is 0 Å². The van der Waals surface area contributed by atoms with Crippen molar-refractivity contribution in [3.63, 3.8) is 0 Å². The average Bonchev–Trinajstić information content (AvgIpc) is 3.38. The molecule has 0 N–H and O–H groups in total. The Kier molecular flexibility index (Phi) is 5.26. The minimum Gasteiger partial charge on any atom is -0.493 e. The third kappa shape index (κ3) is 3.69. The van der Waals surface area contributed by atoms with Gasteiger partial charge in [-0.2, -0.15) is 0 Å². The summed E-state index contributed by atoms with van der Waals surface area (Å²) in [5.41, 5.74) is 2.96. The van der Waals surface area contributed by atoms with Gasteiger partial charge in [0.15, 0.2) is 11.5 Å². The van der Waals surface area contributed by atoms with Gasteiger partial charge in [-0.25, -0.2) is 0 Å². The number of thioether (sulfide) groups is 1. The van der Waals surface area contributed by atoms with Crippen LogP contribution in [0.2, 0.25) is 0 Å². The van der Waals surface area contributed by atoms with Crippen molar-refractivity contribution in [3.05, 3.63) is 58.0 Å². The molecule has 0 bridgehead atoms. The van der Waals surface area contributed by atoms with Crippen molar-refractivity contribution in [1.82, 2.24) is 9.80 Å². The van der Waals surface area contributed by atoms with Gasteiger partial charge >= 0.3 is 0 Å². The average molecular weight is 452 g/mol. The fourth-order valence-corrected chi connectivity index (χ4v) is 4.80. The van der Waals surface area contributed by atoms with Crippen LogP contribution in [0.25, 0.3) is 6.08 Å². The van der Waals surface area contributed by atoms with Crippen LogP contribution in [0, 0.1) is 0 Å². The molecule has 3 amide bonds. The Balaban J connectivity index is 1.31. The number of amides is 3. The maximum Gasteiger partial charge on any atom is 0.294 e. The molecule has 2 aromatic rings. The standard InChI is InChI=1S/C23H20N2O6S/c1-29-17-8-14(9-18-21(17)31-13-30-18)10-19-22(27)25(23(28)32-19)12-20(26)24-7-6-15-4-2-3-5-16(15)11-24/h2-5,8-10H,6-7,11-13H2,1H3/b19-10-. The molecule has 1 saturated heterocycles. The predicted octanol–water partition coefficient (Wildman–Crippen LogP) is 3.05. The highest BCUT2D eigenvalue weighted by Crippen LogP contribution is 2.43. The largest absolute Gasteiger partial charge is 0.493 e. The first-order valence-corrected chi connectivity index (χ1v) is 10.9. The van der Waals surface area contributed by atoms with E-state index < -0.39 is 11.1 Å². The van der Waals surface area contributed by atoms with Gasteiger partial charge in [0, 0.05) is 13.1 Å². The Labute approximate surface area is 188 Å². The van der Waals surface area contributed by atoms with Crippen molar-refractivity contribution in [1.29, 1.82) is 0 Å². The summed E-state index contributed by atoms with van der Waals surface area (Å²) >= 11 is 0.815. The van der Waals surface area contributed by atoms with Crippen LogP contribution in [-0.2, 0) is 22.6 Å². The van der Waals surface area contributed by atoms with Crippen LogP contribution < -0.4 is 14.2 Å². The molecule has 32 heavy (non-hydrogen) atoms. The maximum atomic E-state index is 12.9. The Hall–Kier alpha value is -3.46. The fraction of sp³-hybridized carbons (Fsp3) is 0.261. The van der Waals surface area contributed by atoms with Crippen molar-refractivity contribution < 1.29 is 28.6 Å². The van der Waals surface area contributed by atoms with Crippen LogP contribution in [0.4, 0.5) is 4.79 Å². The minimum atomic E-state index is -0.484. The molecule has 5 rings (SSSR count). The normalized spacial score (nSPS) is 18.3. The Morgan fingerprint density at radius 3 is 2.81 bits per heavy atom. The van der Waals surface area contributed by atoms with Crippen molar-refractivity contribution >= 4 is 34.9 Å². The fourth-order valence-electron chi connectivity index (χ4n) is 3.96. The second-order valence-corrected chi connectivity index (χ2v) is 8.55. The van der Waals surface area contributed by atoms with Crippen LogP contribution in [-0.4, -0.2) is 53.8 Å². The van der Waals surface area contributed by atoms with Gasteiger partial charge < -0.3 is 19.1 Å². The van der Waals surface area contributed by atoms with Gasteiger partial charge in [0.25, 0.3) is 11.1 Å². The molecule has 1 fully saturated rings. The Morgan fingerprint density at radius 2 is 2.00 bits per heavy atom. The van der Waals surface area contributed by atoms with Gasteiger partial charge in [-0.05, 0) is 53.1 Å². The van der Waals surface area contributed by atoms with Crippen LogP contribution in [0.3, 0.4) is 0 Å². The second kappa shape index (κ2) is 8.23. The smallest absolute Gasteiger partial charge is 0.294 e. The number of hydrogen-bond acceptors (Lipinski definition) is 7. The first kappa shape index (κ1) is 20.4. The predicted molar refractivity (Wildman–Crippen MR) is 117 cm³/mol. The van der Waals surface area contributed by atoms with E-state index in [0.29, 0.717) is 35.9 Å². The SMILES string of the molecule is COc1cc(/C=C2\SC(=O)N(CC(=O)N3CCc4ccccc4C3)C2=O)cc2c1OCO2. The molecule has 3 heterocycles. The summed E-state index contributed by atoms with van der Waals surface area (Å²) in [5.74, 6) is 0.767. The summed E-state index contributed by atoms with van der Waals surface area (Å²) in [5, 5.41) is -0.459. The van der Waals surface area contributed by atoms with Gasteiger partial charge in [0.05, 0.1) is 12.0 Å². The van der Waals surface area contributed by atoms with Crippen LogP contribution in [0.5, 0.6) is 17.2 Å². The van der Waals surface area contributed by atoms with E-state index in [1.54, 1.807) is 23.1 Å². The van der Waals surface area contributed by atoms with E-state index in [0.717, 1.165) is 28.6 Å². The molecule has 2 aromatic carbocycles. The lowest BCUT2D eigenvalue weighted by Gasteiger charge is -2.29. The number of hydrogen-bond donors (Lipinski definition) is 0. The molecule has 3 aliphatic heterocycles. The third-order valence-electron chi connectivity index (χ3n) is 5.63. The van der Waals surface area contributed by atoms with Crippen molar-refractivity contribution in [3.8, 4) is 17.2 Å². The number of carbonyl (C=O) groups excluding carboxylic acids is 3. The number of fused-ring (bicyclic) bond motifs is 2. The molecule has 0 spiro atoms. The molecular weight excluding hydrogens is 432 g/mol. The Morgan fingerprint density at radius 1 is 1.19 bits per heavy atom. The molecule has 3 aliphatic rings. The van der Waals surface area contributed by atoms with Gasteiger partial charge in [0.1, 0.15) is 6.54 Å². The van der Waals surface area contributed by atoms with E-state index in [-0.39, 0.29) is 24.2 Å². The number of rotatable bonds is 4. The molecule has 0 saturated carbocycles. The quantitative estimate of drug-likeness (QED) is 0.659. The van der Waals surface area contributed by atoms with Gasteiger partial charge in [-0.3, -0.25) is 19.3 Å². The summed E-state index contributed by atoms with van der Waals surface area (Å²) in [6, 6.07) is 11.4. The van der Waals surface area contributed by atoms with Crippen LogP contribution in [0.1, 0.15) is 16.7 Å². The summed E-state index contributed by atoms with van der Waals surface area (Å²) in [6.07, 6.45) is 2.35. The molecule has 0 atom stereocenters. The number of nitrogens with zero attached hydrogens (tertiary/aromatic N) is 2. The van der Waals surface area contributed by atoms with Crippen molar-refractivity contribution in [2.75, 3.05) is 27.0 Å². The van der Waals surface area contributed by atoms with Crippen molar-refractivity contribution in [2.45, 2.75) is 13.0 Å². The molecule has 0 aliphatic carbocycles. The molecule has 0 unspecified atom stereocenters. The maximum absolute atomic E-state index is 12.9. The highest BCUT2D eigenvalue weighted by molar-refractivity contribution is 8.18. The van der Waals surface area contributed by atoms with Crippen LogP contribution >= 0.6 is 11.8 Å². The number of benzene rings is 2. The van der Waals surface area contributed by atoms with Crippen molar-refractivity contribution in [2.24, 2.45) is 0 Å². The highest BCUT2D eigenvalue weighted by atomic mass is 32.2. The highest BCUT2D eigenvalue weighted by Gasteiger charge is 2.37. The van der Waals surface area contributed by atoms with E-state index in [9.17, 15) is 14.4 Å². The van der Waals surface area contributed by atoms with E-state index in [4.69, 9.17) is 14.2 Å². The molecule has 9 heteroatoms. The summed E-state index contributed by atoms with van der Waals surface area (Å²) in [6.45, 7) is 0.875. The summed E-state index contributed by atoms with van der Waals surface area (Å²) in [4.78, 5) is 41.2. The topological polar surface area (TPSA) is 85.4 Å². The molecular formula is C23H20N2O6S. The Bertz CT molecular complexity index is 1160. The second-order valence-electron chi connectivity index (χ2n) is 7.56. The minimum absolute atomic E-state index is 0.0920. The monoisotopic (exact) mass is 452 g/mol. The number of carbonyl (C=O) groups is 3. The van der Waals surface area contributed by atoms with E-state index in [1.807, 2.05) is 18.2 Å². The zero-order chi connectivity index (χ0) is 22.2. The van der Waals surface area contributed by atoms with Gasteiger partial charge in [0.2, 0.25) is 18.4 Å². The zero-order valence-electron chi connectivity index (χ0n) is 17.3. The molecule has 164 valence electrons. The van der Waals surface area contributed by atoms with Gasteiger partial charge in [-0.15, -0.1) is 0 Å². The lowest BCUT2D eigenvalue weighted by atomic mass is 10.00. The lowest BCUT2D eigenvalue weighted by Crippen LogP contribution is -2.44. The summed E-state index contributed by atoms with van der Waals surface area (Å²) < 4.78 is 16.1. The van der Waals surface area contributed by atoms with E-state index in [2.05, 4.69) is 6.07 Å². The summed E-state index contributed by atoms with van der Waals surface area (Å²) in [7, 11) is 1.51. The zero-order valence-corrected chi connectivity index (χ0v) is 18.1. The lowest BCUT2D eigenvalue weighted by molar-refractivity contribution is -0.136. The number of ether oxygens (including phenoxy) is 3. The molecule has 0 radical (unpaired) electrons. The van der Waals surface area contributed by atoms with Gasteiger partial charge in [-0.1, -0.05) is 24.3 Å². The molecule has 8 nitrogen and oxygen atoms in total.